The number of hydrogen-bond acceptors (Lipinski definition) is 3. The fourth-order valence-corrected chi connectivity index (χ4v) is 6.86. The maximum Gasteiger partial charge on any atom is 0.123 e. The average Bonchev–Trinajstić information content (AvgIpc) is 3.46. The molecule has 0 unspecified atom stereocenters. The highest BCUT2D eigenvalue weighted by Crippen LogP contribution is 2.49. The first-order valence-electron chi connectivity index (χ1n) is 15.7. The van der Waals surface area contributed by atoms with Crippen LogP contribution in [0.2, 0.25) is 0 Å². The van der Waals surface area contributed by atoms with Crippen LogP contribution in [0.3, 0.4) is 0 Å². The Labute approximate surface area is 268 Å². The maximum absolute atomic E-state index is 4.63. The summed E-state index contributed by atoms with van der Waals surface area (Å²) in [5.41, 5.74) is 13.6. The van der Waals surface area contributed by atoms with Crippen LogP contribution in [-0.4, -0.2) is 16.1 Å². The summed E-state index contributed by atoms with van der Waals surface area (Å²) in [7, 11) is 0. The Balaban J connectivity index is 1.33. The van der Waals surface area contributed by atoms with Gasteiger partial charge in [0.25, 0.3) is 0 Å². The molecule has 0 saturated heterocycles. The number of benzene rings is 5. The van der Waals surface area contributed by atoms with Crippen LogP contribution in [0.1, 0.15) is 5.56 Å². The second-order valence-corrected chi connectivity index (χ2v) is 11.7. The Morgan fingerprint density at radius 3 is 2.17 bits per heavy atom. The third-order valence-electron chi connectivity index (χ3n) is 8.95. The molecule has 218 valence electrons. The minimum absolute atomic E-state index is 0.802. The lowest BCUT2D eigenvalue weighted by Crippen LogP contribution is -2.16. The van der Waals surface area contributed by atoms with Crippen LogP contribution in [0.4, 0.5) is 17.2 Å². The molecule has 1 N–H and O–H groups in total. The van der Waals surface area contributed by atoms with Gasteiger partial charge in [0.15, 0.2) is 0 Å². The van der Waals surface area contributed by atoms with E-state index in [0.29, 0.717) is 0 Å². The summed E-state index contributed by atoms with van der Waals surface area (Å²) in [6.07, 6.45) is 8.30. The molecule has 4 nitrogen and oxygen atoms in total. The van der Waals surface area contributed by atoms with Crippen LogP contribution in [0, 0.1) is 0 Å². The summed E-state index contributed by atoms with van der Waals surface area (Å²) in [6.45, 7) is 0.802. The quantitative estimate of drug-likeness (QED) is 0.221. The third kappa shape index (κ3) is 4.34. The van der Waals surface area contributed by atoms with Crippen molar-refractivity contribution in [2.45, 2.75) is 0 Å². The zero-order chi connectivity index (χ0) is 30.5. The lowest BCUT2D eigenvalue weighted by molar-refractivity contribution is 0.995. The van der Waals surface area contributed by atoms with Crippen molar-refractivity contribution in [3.63, 3.8) is 0 Å². The average molecular weight is 591 g/mol. The number of allylic oxidation sites excluding steroid dienone is 2. The van der Waals surface area contributed by atoms with Gasteiger partial charge in [0.05, 0.1) is 22.6 Å². The standard InChI is InChI=1S/C42H30N4/c1-4-19-39-31(12-1)28-42-45(40-20-5-2-15-35(40)36-16-3-6-21-41(36)46(39)42)34-26-32(25-33(27-34)38-18-8-10-23-44-38)29-13-11-14-30(24-29)37-17-7-9-22-43-37/h1-22,24-28,44H,23H2. The molecule has 0 spiro atoms. The molecule has 5 aromatic carbocycles. The molecular formula is C42H30N4. The summed E-state index contributed by atoms with van der Waals surface area (Å²) in [5, 5.41) is 4.81. The minimum atomic E-state index is 0.802. The van der Waals surface area contributed by atoms with Crippen molar-refractivity contribution >= 4 is 33.8 Å². The fourth-order valence-electron chi connectivity index (χ4n) is 6.86. The molecular weight excluding hydrogens is 560 g/mol. The molecule has 7 aromatic rings. The second-order valence-electron chi connectivity index (χ2n) is 11.7. The normalized spacial score (nSPS) is 13.3. The van der Waals surface area contributed by atoms with Gasteiger partial charge in [-0.2, -0.15) is 0 Å². The molecule has 0 radical (unpaired) electrons. The number of pyridine rings is 1. The van der Waals surface area contributed by atoms with Crippen LogP contribution in [0.25, 0.3) is 55.8 Å². The predicted molar refractivity (Wildman–Crippen MR) is 191 cm³/mol. The molecule has 2 aliphatic heterocycles. The van der Waals surface area contributed by atoms with E-state index in [2.05, 4.69) is 165 Å². The monoisotopic (exact) mass is 590 g/mol. The van der Waals surface area contributed by atoms with Crippen LogP contribution in [-0.2, 0) is 0 Å². The zero-order valence-corrected chi connectivity index (χ0v) is 25.1. The molecule has 4 heterocycles. The summed E-state index contributed by atoms with van der Waals surface area (Å²) < 4.78 is 2.42. The molecule has 0 amide bonds. The molecule has 46 heavy (non-hydrogen) atoms. The first kappa shape index (κ1) is 26.3. The first-order valence-corrected chi connectivity index (χ1v) is 15.7. The van der Waals surface area contributed by atoms with Crippen molar-refractivity contribution in [1.82, 2.24) is 14.9 Å². The first-order chi connectivity index (χ1) is 22.8. The molecule has 4 heteroatoms. The van der Waals surface area contributed by atoms with Gasteiger partial charge in [0.2, 0.25) is 0 Å². The molecule has 0 saturated carbocycles. The number of rotatable bonds is 4. The number of nitrogens with one attached hydrogen (secondary N) is 1. The summed E-state index contributed by atoms with van der Waals surface area (Å²) in [6, 6.07) is 50.2. The number of para-hydroxylation sites is 3. The van der Waals surface area contributed by atoms with Crippen molar-refractivity contribution < 1.29 is 0 Å². The van der Waals surface area contributed by atoms with Crippen LogP contribution in [0.5, 0.6) is 0 Å². The van der Waals surface area contributed by atoms with Gasteiger partial charge in [-0.15, -0.1) is 0 Å². The van der Waals surface area contributed by atoms with E-state index in [1.165, 1.54) is 27.7 Å². The van der Waals surface area contributed by atoms with Gasteiger partial charge < -0.3 is 5.32 Å². The maximum atomic E-state index is 4.63. The Bertz CT molecular complexity index is 2330. The highest BCUT2D eigenvalue weighted by molar-refractivity contribution is 6.00. The van der Waals surface area contributed by atoms with E-state index < -0.39 is 0 Å². The van der Waals surface area contributed by atoms with E-state index in [1.807, 2.05) is 18.3 Å². The lowest BCUT2D eigenvalue weighted by atomic mass is 9.96. The third-order valence-corrected chi connectivity index (χ3v) is 8.95. The number of aromatic nitrogens is 2. The highest BCUT2D eigenvalue weighted by Gasteiger charge is 2.28. The Hall–Kier alpha value is -6.13. The van der Waals surface area contributed by atoms with Gasteiger partial charge in [0.1, 0.15) is 5.82 Å². The van der Waals surface area contributed by atoms with Gasteiger partial charge in [-0.1, -0.05) is 91.0 Å². The molecule has 0 atom stereocenters. The second kappa shape index (κ2) is 10.8. The SMILES string of the molecule is C1=CCNC(c2cc(-c3cccc(-c4ccccn4)c3)cc(N3c4ccccc4-c4ccccc4-n4c3cc3ccccc34)c2)=C1. The van der Waals surface area contributed by atoms with Crippen molar-refractivity contribution in [1.29, 1.82) is 0 Å². The zero-order valence-electron chi connectivity index (χ0n) is 25.1. The van der Waals surface area contributed by atoms with Gasteiger partial charge in [0, 0.05) is 51.8 Å². The van der Waals surface area contributed by atoms with Crippen molar-refractivity contribution in [2.75, 3.05) is 11.4 Å². The number of hydrogen-bond donors (Lipinski definition) is 1. The number of dihydropyridines is 1. The van der Waals surface area contributed by atoms with Gasteiger partial charge in [-0.3, -0.25) is 14.5 Å². The largest absolute Gasteiger partial charge is 0.381 e. The number of nitrogens with zero attached hydrogens (tertiary/aromatic N) is 3. The van der Waals surface area contributed by atoms with E-state index in [9.17, 15) is 0 Å². The van der Waals surface area contributed by atoms with Crippen LogP contribution >= 0.6 is 0 Å². The predicted octanol–water partition coefficient (Wildman–Crippen LogP) is 10.3. The van der Waals surface area contributed by atoms with Crippen molar-refractivity contribution in [3.8, 4) is 39.2 Å². The van der Waals surface area contributed by atoms with E-state index >= 15 is 0 Å². The van der Waals surface area contributed by atoms with Crippen molar-refractivity contribution in [2.24, 2.45) is 0 Å². The van der Waals surface area contributed by atoms with Gasteiger partial charge >= 0.3 is 0 Å². The Morgan fingerprint density at radius 2 is 1.33 bits per heavy atom. The number of fused-ring (bicyclic) bond motifs is 7. The van der Waals surface area contributed by atoms with E-state index in [0.717, 1.165) is 57.4 Å². The summed E-state index contributed by atoms with van der Waals surface area (Å²) in [5.74, 6) is 1.11. The van der Waals surface area contributed by atoms with E-state index in [1.54, 1.807) is 0 Å². The smallest absolute Gasteiger partial charge is 0.123 e. The minimum Gasteiger partial charge on any atom is -0.381 e. The van der Waals surface area contributed by atoms with Crippen LogP contribution in [0.15, 0.2) is 164 Å². The summed E-state index contributed by atoms with van der Waals surface area (Å²) in [4.78, 5) is 7.06. The Kier molecular flexibility index (Phi) is 6.17. The van der Waals surface area contributed by atoms with E-state index in [4.69, 9.17) is 0 Å². The highest BCUT2D eigenvalue weighted by atomic mass is 15.3. The van der Waals surface area contributed by atoms with Gasteiger partial charge in [-0.05, 0) is 77.9 Å². The molecule has 2 aromatic heterocycles. The van der Waals surface area contributed by atoms with Gasteiger partial charge in [-0.25, -0.2) is 0 Å². The summed E-state index contributed by atoms with van der Waals surface area (Å²) >= 11 is 0. The Morgan fingerprint density at radius 1 is 0.587 bits per heavy atom. The van der Waals surface area contributed by atoms with Crippen molar-refractivity contribution in [3.05, 3.63) is 170 Å². The molecule has 9 rings (SSSR count). The lowest BCUT2D eigenvalue weighted by Gasteiger charge is -2.27. The number of anilines is 3. The molecule has 0 aliphatic carbocycles. The van der Waals surface area contributed by atoms with E-state index in [-0.39, 0.29) is 0 Å². The molecule has 0 fully saturated rings. The molecule has 0 bridgehead atoms. The molecule has 2 aliphatic rings. The van der Waals surface area contributed by atoms with Crippen LogP contribution < -0.4 is 10.2 Å². The topological polar surface area (TPSA) is 33.1 Å². The fraction of sp³-hybridized carbons (Fsp3) is 0.0238.